The van der Waals surface area contributed by atoms with Crippen molar-refractivity contribution in [3.8, 4) is 0 Å². The molecule has 0 aliphatic rings. The van der Waals surface area contributed by atoms with Crippen molar-refractivity contribution in [3.05, 3.63) is 0 Å². The normalized spacial score (nSPS) is 18.4. The molecule has 72 valence electrons. The number of rotatable bonds is 5. The van der Waals surface area contributed by atoms with Crippen molar-refractivity contribution in [2.75, 3.05) is 6.61 Å². The summed E-state index contributed by atoms with van der Waals surface area (Å²) in [5, 5.41) is 34.9. The topological polar surface area (TPSA) is 98.0 Å². The molecule has 0 saturated carbocycles. The molecule has 0 amide bonds. The summed E-state index contributed by atoms with van der Waals surface area (Å²) in [7, 11) is 0. The van der Waals surface area contributed by atoms with Crippen LogP contribution in [0.4, 0.5) is 0 Å². The second kappa shape index (κ2) is 5.21. The third-order valence-electron chi connectivity index (χ3n) is 1.38. The summed E-state index contributed by atoms with van der Waals surface area (Å²) in [4.78, 5) is 10.9. The molecule has 3 unspecified atom stereocenters. The van der Waals surface area contributed by atoms with E-state index in [0.717, 1.165) is 0 Å². The molecule has 0 spiro atoms. The van der Waals surface area contributed by atoms with Crippen molar-refractivity contribution >= 4 is 5.78 Å². The van der Waals surface area contributed by atoms with E-state index in [2.05, 4.69) is 0 Å². The predicted octanol–water partition coefficient (Wildman–Crippen LogP) is -1.96. The van der Waals surface area contributed by atoms with Crippen LogP contribution in [0.25, 0.3) is 0 Å². The van der Waals surface area contributed by atoms with Gasteiger partial charge in [0.05, 0.1) is 12.7 Å². The zero-order chi connectivity index (χ0) is 9.72. The quantitative estimate of drug-likeness (QED) is 0.392. The van der Waals surface area contributed by atoms with Crippen molar-refractivity contribution in [3.63, 3.8) is 0 Å². The van der Waals surface area contributed by atoms with Gasteiger partial charge in [0, 0.05) is 6.42 Å². The van der Waals surface area contributed by atoms with Gasteiger partial charge in [0.1, 0.15) is 12.2 Å². The second-order valence-corrected chi connectivity index (χ2v) is 2.71. The number of aliphatic hydroxyl groups excluding tert-OH is 4. The summed E-state index contributed by atoms with van der Waals surface area (Å²) in [5.74, 6) is -0.674. The highest BCUT2D eigenvalue weighted by molar-refractivity contribution is 5.83. The van der Waals surface area contributed by atoms with Gasteiger partial charge in [-0.3, -0.25) is 4.79 Å². The van der Waals surface area contributed by atoms with Crippen molar-refractivity contribution in [1.82, 2.24) is 0 Å². The molecule has 4 N–H and O–H groups in total. The zero-order valence-electron chi connectivity index (χ0n) is 6.84. The van der Waals surface area contributed by atoms with E-state index < -0.39 is 30.7 Å². The summed E-state index contributed by atoms with van der Waals surface area (Å²) < 4.78 is 0. The lowest BCUT2D eigenvalue weighted by Crippen LogP contribution is -2.37. The van der Waals surface area contributed by atoms with Gasteiger partial charge < -0.3 is 20.4 Å². The van der Waals surface area contributed by atoms with Crippen molar-refractivity contribution in [1.29, 1.82) is 0 Å². The molecule has 0 heterocycles. The van der Waals surface area contributed by atoms with Crippen LogP contribution < -0.4 is 0 Å². The molecule has 0 aromatic heterocycles. The lowest BCUT2D eigenvalue weighted by atomic mass is 10.1. The number of Topliss-reactive ketones (excluding diaryl/α,β-unsaturated/α-hetero) is 1. The summed E-state index contributed by atoms with van der Waals surface area (Å²) in [6.45, 7) is 0.725. The molecular formula is C7H14O5. The Morgan fingerprint density at radius 3 is 2.17 bits per heavy atom. The van der Waals surface area contributed by atoms with Crippen LogP contribution in [0.3, 0.4) is 0 Å². The van der Waals surface area contributed by atoms with Gasteiger partial charge in [-0.25, -0.2) is 0 Å². The number of carbonyl (C=O) groups excluding carboxylic acids is 1. The molecule has 0 bridgehead atoms. The second-order valence-electron chi connectivity index (χ2n) is 2.71. The van der Waals surface area contributed by atoms with Crippen LogP contribution >= 0.6 is 0 Å². The van der Waals surface area contributed by atoms with Crippen LogP contribution in [0, 0.1) is 0 Å². The minimum absolute atomic E-state index is 0.224. The molecule has 3 atom stereocenters. The monoisotopic (exact) mass is 178 g/mol. The largest absolute Gasteiger partial charge is 0.394 e. The van der Waals surface area contributed by atoms with Gasteiger partial charge in [-0.2, -0.15) is 0 Å². The van der Waals surface area contributed by atoms with Crippen molar-refractivity contribution in [2.24, 2.45) is 0 Å². The maximum Gasteiger partial charge on any atom is 0.166 e. The van der Waals surface area contributed by atoms with E-state index in [0.29, 0.717) is 0 Å². The molecule has 12 heavy (non-hydrogen) atoms. The molecule has 0 aromatic carbocycles. The standard InChI is InChI=1S/C7H14O5/c1-4(9)2-5(10)7(12)6(11)3-8/h4,6-9,11-12H,2-3H2,1H3. The average Bonchev–Trinajstić information content (AvgIpc) is 2.00. The van der Waals surface area contributed by atoms with Crippen LogP contribution in [0.5, 0.6) is 0 Å². The fraction of sp³-hybridized carbons (Fsp3) is 0.857. The van der Waals surface area contributed by atoms with E-state index in [-0.39, 0.29) is 6.42 Å². The Morgan fingerprint density at radius 2 is 1.83 bits per heavy atom. The number of hydrogen-bond acceptors (Lipinski definition) is 5. The van der Waals surface area contributed by atoms with Crippen LogP contribution in [-0.2, 0) is 4.79 Å². The zero-order valence-corrected chi connectivity index (χ0v) is 6.84. The molecule has 0 radical (unpaired) electrons. The van der Waals surface area contributed by atoms with Gasteiger partial charge in [0.15, 0.2) is 5.78 Å². The molecular weight excluding hydrogens is 164 g/mol. The van der Waals surface area contributed by atoms with Gasteiger partial charge >= 0.3 is 0 Å². The minimum Gasteiger partial charge on any atom is -0.394 e. The molecule has 5 nitrogen and oxygen atoms in total. The number of hydrogen-bond donors (Lipinski definition) is 4. The van der Waals surface area contributed by atoms with Gasteiger partial charge in [-0.1, -0.05) is 0 Å². The highest BCUT2D eigenvalue weighted by Gasteiger charge is 2.23. The summed E-state index contributed by atoms with van der Waals surface area (Å²) in [5.41, 5.74) is 0. The first-order chi connectivity index (χ1) is 5.49. The van der Waals surface area contributed by atoms with Crippen LogP contribution in [0.1, 0.15) is 13.3 Å². The molecule has 0 aliphatic heterocycles. The minimum atomic E-state index is -1.61. The van der Waals surface area contributed by atoms with E-state index in [1.54, 1.807) is 0 Å². The van der Waals surface area contributed by atoms with Crippen LogP contribution in [-0.4, -0.2) is 51.1 Å². The fourth-order valence-electron chi connectivity index (χ4n) is 0.726. The smallest absolute Gasteiger partial charge is 0.166 e. The summed E-state index contributed by atoms with van der Waals surface area (Å²) in [6, 6.07) is 0. The van der Waals surface area contributed by atoms with Gasteiger partial charge in [-0.05, 0) is 6.92 Å². The molecule has 0 rings (SSSR count). The van der Waals surface area contributed by atoms with E-state index >= 15 is 0 Å². The highest BCUT2D eigenvalue weighted by Crippen LogP contribution is 2.00. The lowest BCUT2D eigenvalue weighted by Gasteiger charge is -2.14. The molecule has 0 aromatic rings. The Kier molecular flexibility index (Phi) is 5.00. The first-order valence-corrected chi connectivity index (χ1v) is 3.66. The van der Waals surface area contributed by atoms with E-state index in [9.17, 15) is 4.79 Å². The Balaban J connectivity index is 3.92. The third-order valence-corrected chi connectivity index (χ3v) is 1.38. The average molecular weight is 178 g/mol. The SMILES string of the molecule is CC(O)CC(=O)C(O)C(O)CO. The first kappa shape index (κ1) is 11.5. The summed E-state index contributed by atoms with van der Waals surface area (Å²) >= 11 is 0. The van der Waals surface area contributed by atoms with Crippen molar-refractivity contribution < 1.29 is 25.2 Å². The Morgan fingerprint density at radius 1 is 1.33 bits per heavy atom. The molecule has 5 heteroatoms. The molecule has 0 fully saturated rings. The van der Waals surface area contributed by atoms with Crippen molar-refractivity contribution in [2.45, 2.75) is 31.7 Å². The number of carbonyl (C=O) groups is 1. The third kappa shape index (κ3) is 3.77. The van der Waals surface area contributed by atoms with Gasteiger partial charge in [-0.15, -0.1) is 0 Å². The van der Waals surface area contributed by atoms with Gasteiger partial charge in [0.2, 0.25) is 0 Å². The summed E-state index contributed by atoms with van der Waals surface area (Å²) in [6.07, 6.45) is -4.14. The van der Waals surface area contributed by atoms with Gasteiger partial charge in [0.25, 0.3) is 0 Å². The Labute approximate surface area is 70.3 Å². The Bertz CT molecular complexity index is 145. The molecule has 0 aliphatic carbocycles. The van der Waals surface area contributed by atoms with E-state index in [1.165, 1.54) is 6.92 Å². The highest BCUT2D eigenvalue weighted by atomic mass is 16.4. The maximum absolute atomic E-state index is 10.9. The predicted molar refractivity (Wildman–Crippen MR) is 40.4 cm³/mol. The Hall–Kier alpha value is -0.490. The fourth-order valence-corrected chi connectivity index (χ4v) is 0.726. The van der Waals surface area contributed by atoms with Crippen LogP contribution in [0.15, 0.2) is 0 Å². The number of ketones is 1. The van der Waals surface area contributed by atoms with E-state index in [1.807, 2.05) is 0 Å². The first-order valence-electron chi connectivity index (χ1n) is 3.66. The van der Waals surface area contributed by atoms with E-state index in [4.69, 9.17) is 20.4 Å². The maximum atomic E-state index is 10.9. The number of aliphatic hydroxyl groups is 4. The lowest BCUT2D eigenvalue weighted by molar-refractivity contribution is -0.136. The molecule has 0 saturated heterocycles. The van der Waals surface area contributed by atoms with Crippen LogP contribution in [0.2, 0.25) is 0 Å².